The summed E-state index contributed by atoms with van der Waals surface area (Å²) in [4.78, 5) is 46.1. The van der Waals surface area contributed by atoms with Gasteiger partial charge in [0, 0.05) is 49.4 Å². The molecule has 10 heteroatoms. The maximum Gasteiger partial charge on any atom is 0.245 e. The molecule has 7 fully saturated rings. The first-order valence-electron chi connectivity index (χ1n) is 17.9. The van der Waals surface area contributed by atoms with E-state index in [2.05, 4.69) is 16.8 Å². The predicted octanol–water partition coefficient (Wildman–Crippen LogP) is 3.42. The molecule has 5 N–H and O–H groups in total. The number of likely N-dealkylation sites (N-methyl/N-ethyl adjacent to an activating group) is 1. The Kier molecular flexibility index (Phi) is 8.69. The van der Waals surface area contributed by atoms with Crippen LogP contribution in [0.5, 0.6) is 0 Å². The van der Waals surface area contributed by atoms with Crippen molar-refractivity contribution >= 4 is 29.3 Å². The van der Waals surface area contributed by atoms with Crippen molar-refractivity contribution in [1.29, 1.82) is 0 Å². The lowest BCUT2D eigenvalue weighted by atomic mass is 9.46. The number of rotatable bonds is 8. The van der Waals surface area contributed by atoms with Gasteiger partial charge in [-0.3, -0.25) is 14.4 Å². The summed E-state index contributed by atoms with van der Waals surface area (Å²) in [5.74, 6) is 1.09. The molecule has 6 aliphatic carbocycles. The summed E-state index contributed by atoms with van der Waals surface area (Å²) in [5.41, 5.74) is 7.20. The van der Waals surface area contributed by atoms with E-state index in [4.69, 9.17) is 17.3 Å². The van der Waals surface area contributed by atoms with Crippen molar-refractivity contribution < 1.29 is 19.5 Å². The van der Waals surface area contributed by atoms with Crippen molar-refractivity contribution in [2.75, 3.05) is 20.1 Å². The summed E-state index contributed by atoms with van der Waals surface area (Å²) in [5, 5.41) is 17.5. The molecule has 6 saturated carbocycles. The highest BCUT2D eigenvalue weighted by molar-refractivity contribution is 6.20. The Bertz CT molecular complexity index is 1200. The Balaban J connectivity index is 1.09. The third-order valence-electron chi connectivity index (χ3n) is 12.9. The second kappa shape index (κ2) is 12.3. The number of alkyl halides is 1. The van der Waals surface area contributed by atoms with Crippen LogP contribution in [0, 0.1) is 29.1 Å². The molecule has 2 aliphatic heterocycles. The number of hydrogen-bond acceptors (Lipinski definition) is 6. The minimum Gasteiger partial charge on any atom is -0.391 e. The van der Waals surface area contributed by atoms with Gasteiger partial charge in [0.25, 0.3) is 0 Å². The third-order valence-corrected chi connectivity index (χ3v) is 13.5. The quantitative estimate of drug-likeness (QED) is 0.300. The number of likely N-dealkylation sites (tertiary alicyclic amines) is 1. The molecule has 9 nitrogen and oxygen atoms in total. The summed E-state index contributed by atoms with van der Waals surface area (Å²) >= 11 is 6.68. The van der Waals surface area contributed by atoms with E-state index >= 15 is 0 Å². The van der Waals surface area contributed by atoms with Crippen molar-refractivity contribution in [3.63, 3.8) is 0 Å². The van der Waals surface area contributed by atoms with E-state index < -0.39 is 23.6 Å². The van der Waals surface area contributed by atoms with Crippen LogP contribution in [0.3, 0.4) is 0 Å². The normalized spacial score (nSPS) is 42.5. The molecule has 0 radical (unpaired) electrons. The highest BCUT2D eigenvalue weighted by Crippen LogP contribution is 2.61. The first-order chi connectivity index (χ1) is 21.5. The van der Waals surface area contributed by atoms with E-state index in [1.54, 1.807) is 9.80 Å². The molecule has 8 rings (SSSR count). The maximum absolute atomic E-state index is 14.4. The first kappa shape index (κ1) is 31.7. The Labute approximate surface area is 273 Å². The first-order valence-corrected chi connectivity index (χ1v) is 18.4. The largest absolute Gasteiger partial charge is 0.391 e. The number of aliphatic hydroxyl groups excluding tert-OH is 1. The molecular formula is C35H54ClN5O4. The fourth-order valence-electron chi connectivity index (χ4n) is 11.3. The fourth-order valence-corrected chi connectivity index (χ4v) is 11.6. The smallest absolute Gasteiger partial charge is 0.245 e. The van der Waals surface area contributed by atoms with Crippen LogP contribution in [0.15, 0.2) is 11.8 Å². The van der Waals surface area contributed by atoms with Crippen molar-refractivity contribution in [1.82, 2.24) is 20.4 Å². The van der Waals surface area contributed by atoms with E-state index in [0.29, 0.717) is 43.2 Å². The summed E-state index contributed by atoms with van der Waals surface area (Å²) in [6.45, 7) is 0.725. The van der Waals surface area contributed by atoms with E-state index in [9.17, 15) is 19.5 Å². The molecule has 0 spiro atoms. The van der Waals surface area contributed by atoms with E-state index in [0.717, 1.165) is 70.6 Å². The lowest BCUT2D eigenvalue weighted by Crippen LogP contribution is -2.65. The molecule has 0 aromatic heterocycles. The lowest BCUT2D eigenvalue weighted by molar-refractivity contribution is -0.162. The number of aliphatic hydroxyl groups is 1. The average molecular weight is 644 g/mol. The number of nitrogens with two attached hydrogens (primary N) is 1. The number of nitrogens with one attached hydrogen (secondary N) is 2. The van der Waals surface area contributed by atoms with Gasteiger partial charge in [-0.2, -0.15) is 0 Å². The van der Waals surface area contributed by atoms with Gasteiger partial charge in [0.2, 0.25) is 17.7 Å². The second-order valence-electron chi connectivity index (χ2n) is 16.4. The van der Waals surface area contributed by atoms with Crippen molar-refractivity contribution in [2.45, 2.75) is 138 Å². The van der Waals surface area contributed by atoms with Gasteiger partial charge < -0.3 is 31.3 Å². The second-order valence-corrected chi connectivity index (χ2v) is 17.0. The van der Waals surface area contributed by atoms with Gasteiger partial charge in [-0.05, 0) is 100 Å². The Morgan fingerprint density at radius 2 is 1.80 bits per heavy atom. The van der Waals surface area contributed by atoms with Crippen LogP contribution in [-0.4, -0.2) is 87.9 Å². The van der Waals surface area contributed by atoms with Gasteiger partial charge in [-0.25, -0.2) is 0 Å². The Morgan fingerprint density at radius 1 is 1.09 bits per heavy atom. The third kappa shape index (κ3) is 6.15. The van der Waals surface area contributed by atoms with Gasteiger partial charge in [0.1, 0.15) is 12.1 Å². The van der Waals surface area contributed by atoms with Gasteiger partial charge in [0.15, 0.2) is 0 Å². The minimum absolute atomic E-state index is 0.0127. The van der Waals surface area contributed by atoms with Crippen molar-refractivity contribution in [3.05, 3.63) is 11.8 Å². The van der Waals surface area contributed by atoms with Crippen molar-refractivity contribution in [2.24, 2.45) is 34.8 Å². The number of carbonyl (C=O) groups excluding carboxylic acids is 3. The van der Waals surface area contributed by atoms with E-state index in [1.807, 2.05) is 7.05 Å². The number of halogens is 1. The molecule has 45 heavy (non-hydrogen) atoms. The van der Waals surface area contributed by atoms with Crippen LogP contribution in [0.25, 0.3) is 0 Å². The van der Waals surface area contributed by atoms with Crippen LogP contribution in [-0.2, 0) is 14.4 Å². The zero-order valence-corrected chi connectivity index (χ0v) is 27.8. The summed E-state index contributed by atoms with van der Waals surface area (Å²) < 4.78 is 0. The number of β-amino-alcohol motifs (C(OH)–C–C–N with tert-alkyl or cyclic N) is 1. The zero-order chi connectivity index (χ0) is 31.5. The molecule has 0 aromatic carbocycles. The molecule has 8 unspecified atom stereocenters. The Hall–Kier alpha value is -1.84. The molecule has 1 saturated heterocycles. The van der Waals surface area contributed by atoms with Crippen molar-refractivity contribution in [3.8, 4) is 0 Å². The summed E-state index contributed by atoms with van der Waals surface area (Å²) in [6, 6.07) is -1.13. The van der Waals surface area contributed by atoms with E-state index in [1.165, 1.54) is 18.4 Å². The van der Waals surface area contributed by atoms with E-state index in [-0.39, 0.29) is 47.5 Å². The molecular weight excluding hydrogens is 590 g/mol. The van der Waals surface area contributed by atoms with Gasteiger partial charge in [0.05, 0.1) is 11.5 Å². The monoisotopic (exact) mass is 643 g/mol. The number of nitrogens with zero attached hydrogens (tertiary/aromatic N) is 2. The summed E-state index contributed by atoms with van der Waals surface area (Å²) in [6.07, 6.45) is 16.2. The molecule has 3 amide bonds. The van der Waals surface area contributed by atoms with Crippen LogP contribution < -0.4 is 16.4 Å². The number of fused-ring (bicyclic) bond motifs is 1. The standard InChI is InChI=1S/C35H54ClN5O4/c1-40(18-23-6-2-4-8-27(23)36)32(44)29(11-24-17-38-28-9-5-3-7-26(24)28)39-31(43)30-12-25(42)19-41(30)33(45)34-13-21-10-22(14-34)16-35(37,15-21)20-34/h17,21-23,25-30,38,42H,2-16,18-20,37H2,1H3,(H,39,43)/t21?,22?,23?,25-,26?,27?,28?,29?,30?,34?,35?/m1/s1. The summed E-state index contributed by atoms with van der Waals surface area (Å²) in [7, 11) is 1.83. The van der Waals surface area contributed by atoms with Gasteiger partial charge in [-0.1, -0.05) is 25.7 Å². The topological polar surface area (TPSA) is 128 Å². The maximum atomic E-state index is 14.4. The SMILES string of the molecule is CN(CC1CCCCC1Cl)C(=O)C(CC1=CNC2CCCCC12)NC(=O)C1C[C@@H](O)CN1C(=O)C12CC3CC(CC(N)(C3)C1)C2. The Morgan fingerprint density at radius 3 is 2.53 bits per heavy atom. The highest BCUT2D eigenvalue weighted by Gasteiger charge is 2.61. The molecule has 8 aliphatic rings. The van der Waals surface area contributed by atoms with Crippen LogP contribution >= 0.6 is 11.6 Å². The van der Waals surface area contributed by atoms with Gasteiger partial charge >= 0.3 is 0 Å². The molecule has 250 valence electrons. The number of carbonyl (C=O) groups is 3. The minimum atomic E-state index is -0.793. The average Bonchev–Trinajstić information content (AvgIpc) is 3.59. The van der Waals surface area contributed by atoms with Crippen LogP contribution in [0.2, 0.25) is 0 Å². The number of hydrogen-bond donors (Lipinski definition) is 4. The molecule has 4 bridgehead atoms. The molecule has 0 aromatic rings. The molecule has 9 atom stereocenters. The predicted molar refractivity (Wildman–Crippen MR) is 173 cm³/mol. The van der Waals surface area contributed by atoms with Crippen LogP contribution in [0.4, 0.5) is 0 Å². The zero-order valence-electron chi connectivity index (χ0n) is 27.0. The number of amides is 3. The fraction of sp³-hybridized carbons (Fsp3) is 0.857. The van der Waals surface area contributed by atoms with Crippen LogP contribution in [0.1, 0.15) is 103 Å². The lowest BCUT2D eigenvalue weighted by Gasteiger charge is -2.60. The van der Waals surface area contributed by atoms with Gasteiger partial charge in [-0.15, -0.1) is 11.6 Å². The highest BCUT2D eigenvalue weighted by atomic mass is 35.5. The molecule has 2 heterocycles.